The molecule has 1 aromatic heterocycles. The Morgan fingerprint density at radius 2 is 1.59 bits per heavy atom. The maximum atomic E-state index is 15.2. The summed E-state index contributed by atoms with van der Waals surface area (Å²) in [6.07, 6.45) is 1.36. The van der Waals surface area contributed by atoms with Gasteiger partial charge < -0.3 is 9.47 Å². The first-order chi connectivity index (χ1) is 16.2. The SMILES string of the molecule is CCN(CC)c1cc2c(cc1F)c(=O)c(S(=O)(=O)c1ccc(C)cc1C)cn2-c1ccccc1. The average molecular weight is 479 g/mol. The van der Waals surface area contributed by atoms with E-state index in [-0.39, 0.29) is 15.2 Å². The fourth-order valence-electron chi connectivity index (χ4n) is 4.33. The normalized spacial score (nSPS) is 11.7. The van der Waals surface area contributed by atoms with Crippen molar-refractivity contribution in [1.29, 1.82) is 0 Å². The van der Waals surface area contributed by atoms with E-state index in [1.807, 2.05) is 56.0 Å². The maximum absolute atomic E-state index is 15.2. The van der Waals surface area contributed by atoms with Crippen molar-refractivity contribution in [2.75, 3.05) is 18.0 Å². The monoisotopic (exact) mass is 478 g/mol. The zero-order chi connectivity index (χ0) is 24.6. The summed E-state index contributed by atoms with van der Waals surface area (Å²) in [5.41, 5.74) is 2.23. The van der Waals surface area contributed by atoms with Gasteiger partial charge in [0.1, 0.15) is 10.7 Å². The maximum Gasteiger partial charge on any atom is 0.212 e. The molecule has 4 aromatic rings. The van der Waals surface area contributed by atoms with Gasteiger partial charge in [0.2, 0.25) is 15.3 Å². The zero-order valence-corrected chi connectivity index (χ0v) is 20.5. The summed E-state index contributed by atoms with van der Waals surface area (Å²) in [7, 11) is -4.15. The highest BCUT2D eigenvalue weighted by Gasteiger charge is 2.26. The lowest BCUT2D eigenvalue weighted by atomic mass is 10.1. The Labute approximate surface area is 199 Å². The number of benzene rings is 3. The van der Waals surface area contributed by atoms with Crippen molar-refractivity contribution in [2.45, 2.75) is 37.5 Å². The highest BCUT2D eigenvalue weighted by Crippen LogP contribution is 2.30. The second kappa shape index (κ2) is 9.06. The fourth-order valence-corrected chi connectivity index (χ4v) is 5.89. The van der Waals surface area contributed by atoms with Crippen molar-refractivity contribution >= 4 is 26.4 Å². The summed E-state index contributed by atoms with van der Waals surface area (Å²) in [5.74, 6) is -0.561. The van der Waals surface area contributed by atoms with Gasteiger partial charge in [-0.3, -0.25) is 4.79 Å². The first-order valence-corrected chi connectivity index (χ1v) is 12.7. The number of hydrogen-bond acceptors (Lipinski definition) is 4. The molecular weight excluding hydrogens is 451 g/mol. The number of aromatic nitrogens is 1. The van der Waals surface area contributed by atoms with Crippen molar-refractivity contribution in [1.82, 2.24) is 4.57 Å². The third-order valence-electron chi connectivity index (χ3n) is 6.09. The summed E-state index contributed by atoms with van der Waals surface area (Å²) < 4.78 is 44.1. The Hall–Kier alpha value is -3.45. The van der Waals surface area contributed by atoms with E-state index in [4.69, 9.17) is 0 Å². The number of sulfone groups is 1. The molecule has 0 fully saturated rings. The summed E-state index contributed by atoms with van der Waals surface area (Å²) in [5, 5.41) is 0.0168. The van der Waals surface area contributed by atoms with E-state index in [0.717, 1.165) is 11.6 Å². The molecule has 0 unspecified atom stereocenters. The summed E-state index contributed by atoms with van der Waals surface area (Å²) in [4.78, 5) is 15.0. The van der Waals surface area contributed by atoms with Crippen molar-refractivity contribution in [3.05, 3.63) is 94.0 Å². The van der Waals surface area contributed by atoms with Crippen molar-refractivity contribution in [2.24, 2.45) is 0 Å². The number of hydrogen-bond donors (Lipinski definition) is 0. The van der Waals surface area contributed by atoms with Gasteiger partial charge >= 0.3 is 0 Å². The Morgan fingerprint density at radius 3 is 2.21 bits per heavy atom. The molecule has 1 heterocycles. The van der Waals surface area contributed by atoms with Crippen LogP contribution in [0.25, 0.3) is 16.6 Å². The van der Waals surface area contributed by atoms with Crippen LogP contribution in [-0.2, 0) is 9.84 Å². The number of aryl methyl sites for hydroxylation is 2. The number of anilines is 1. The predicted molar refractivity (Wildman–Crippen MR) is 134 cm³/mol. The predicted octanol–water partition coefficient (Wildman–Crippen LogP) is 5.43. The highest BCUT2D eigenvalue weighted by atomic mass is 32.2. The zero-order valence-electron chi connectivity index (χ0n) is 19.7. The summed E-state index contributed by atoms with van der Waals surface area (Å²) in [6.45, 7) is 8.61. The number of pyridine rings is 1. The van der Waals surface area contributed by atoms with Gasteiger partial charge in [-0.05, 0) is 63.6 Å². The van der Waals surface area contributed by atoms with Gasteiger partial charge in [-0.2, -0.15) is 0 Å². The van der Waals surface area contributed by atoms with E-state index in [0.29, 0.717) is 35.5 Å². The molecular formula is C27H27FN2O3S. The van der Waals surface area contributed by atoms with Crippen LogP contribution in [0.3, 0.4) is 0 Å². The van der Waals surface area contributed by atoms with Crippen molar-refractivity contribution < 1.29 is 12.8 Å². The number of nitrogens with zero attached hydrogens (tertiary/aromatic N) is 2. The first-order valence-electron chi connectivity index (χ1n) is 11.2. The molecule has 34 heavy (non-hydrogen) atoms. The molecule has 0 bridgehead atoms. The van der Waals surface area contributed by atoms with Crippen molar-refractivity contribution in [3.8, 4) is 5.69 Å². The van der Waals surface area contributed by atoms with Crippen LogP contribution in [0.1, 0.15) is 25.0 Å². The van der Waals surface area contributed by atoms with E-state index in [9.17, 15) is 13.2 Å². The lowest BCUT2D eigenvalue weighted by molar-refractivity contribution is 0.594. The van der Waals surface area contributed by atoms with E-state index in [1.54, 1.807) is 29.7 Å². The number of fused-ring (bicyclic) bond motifs is 1. The molecule has 4 rings (SSSR count). The second-order valence-corrected chi connectivity index (χ2v) is 10.2. The van der Waals surface area contributed by atoms with Gasteiger partial charge in [-0.1, -0.05) is 35.9 Å². The Morgan fingerprint density at radius 1 is 0.912 bits per heavy atom. The van der Waals surface area contributed by atoms with Crippen LogP contribution in [0.2, 0.25) is 0 Å². The van der Waals surface area contributed by atoms with E-state index in [2.05, 4.69) is 0 Å². The Bertz CT molecular complexity index is 1540. The number of rotatable bonds is 6. The van der Waals surface area contributed by atoms with Crippen LogP contribution in [0.5, 0.6) is 0 Å². The van der Waals surface area contributed by atoms with Crippen LogP contribution < -0.4 is 10.3 Å². The average Bonchev–Trinajstić information content (AvgIpc) is 2.81. The first kappa shape index (κ1) is 23.7. The number of para-hydroxylation sites is 1. The lowest BCUT2D eigenvalue weighted by Crippen LogP contribution is -2.24. The minimum Gasteiger partial charge on any atom is -0.370 e. The lowest BCUT2D eigenvalue weighted by Gasteiger charge is -2.23. The molecule has 0 saturated heterocycles. The third kappa shape index (κ3) is 4.01. The second-order valence-electron chi connectivity index (χ2n) is 8.29. The number of halogens is 1. The molecule has 5 nitrogen and oxygen atoms in total. The Balaban J connectivity index is 2.10. The molecule has 0 amide bonds. The van der Waals surface area contributed by atoms with Gasteiger partial charge in [0.25, 0.3) is 0 Å². The molecule has 0 saturated carbocycles. The molecule has 0 N–H and O–H groups in total. The van der Waals surface area contributed by atoms with E-state index in [1.165, 1.54) is 12.3 Å². The van der Waals surface area contributed by atoms with Crippen LogP contribution >= 0.6 is 0 Å². The van der Waals surface area contributed by atoms with Gasteiger partial charge in [0, 0.05) is 25.0 Å². The van der Waals surface area contributed by atoms with E-state index < -0.39 is 21.1 Å². The van der Waals surface area contributed by atoms with Crippen LogP contribution in [0, 0.1) is 19.7 Å². The highest BCUT2D eigenvalue weighted by molar-refractivity contribution is 7.91. The smallest absolute Gasteiger partial charge is 0.212 e. The van der Waals surface area contributed by atoms with Gasteiger partial charge in [0.15, 0.2) is 0 Å². The van der Waals surface area contributed by atoms with Crippen LogP contribution in [-0.4, -0.2) is 26.1 Å². The molecule has 0 aliphatic heterocycles. The largest absolute Gasteiger partial charge is 0.370 e. The molecule has 0 spiro atoms. The molecule has 0 radical (unpaired) electrons. The standard InChI is InChI=1S/C27H27FN2O3S/c1-5-29(6-2)24-16-23-21(15-22(24)28)27(31)26(17-30(23)20-10-8-7-9-11-20)34(32,33)25-13-12-18(3)14-19(25)4/h7-17H,5-6H2,1-4H3. The minimum atomic E-state index is -4.15. The minimum absolute atomic E-state index is 0.0168. The Kier molecular flexibility index (Phi) is 6.32. The molecule has 0 aliphatic rings. The summed E-state index contributed by atoms with van der Waals surface area (Å²) in [6, 6.07) is 16.9. The summed E-state index contributed by atoms with van der Waals surface area (Å²) >= 11 is 0. The molecule has 7 heteroatoms. The van der Waals surface area contributed by atoms with Gasteiger partial charge in [0.05, 0.1) is 21.5 Å². The van der Waals surface area contributed by atoms with Crippen LogP contribution in [0.4, 0.5) is 10.1 Å². The molecule has 0 atom stereocenters. The quantitative estimate of drug-likeness (QED) is 0.371. The molecule has 3 aromatic carbocycles. The van der Waals surface area contributed by atoms with Crippen LogP contribution in [0.15, 0.2) is 81.4 Å². The van der Waals surface area contributed by atoms with Gasteiger partial charge in [-0.15, -0.1) is 0 Å². The topological polar surface area (TPSA) is 59.4 Å². The molecule has 0 aliphatic carbocycles. The molecule has 176 valence electrons. The van der Waals surface area contributed by atoms with E-state index >= 15 is 4.39 Å². The van der Waals surface area contributed by atoms with Crippen molar-refractivity contribution in [3.63, 3.8) is 0 Å². The fraction of sp³-hybridized carbons (Fsp3) is 0.222. The van der Waals surface area contributed by atoms with Gasteiger partial charge in [-0.25, -0.2) is 12.8 Å². The third-order valence-corrected chi connectivity index (χ3v) is 7.99.